The number of carboxylic acid groups (broad SMARTS) is 2. The summed E-state index contributed by atoms with van der Waals surface area (Å²) < 4.78 is 3.25. The van der Waals surface area contributed by atoms with E-state index in [0.29, 0.717) is 0 Å². The van der Waals surface area contributed by atoms with Gasteiger partial charge < -0.3 is 20.4 Å². The van der Waals surface area contributed by atoms with E-state index in [-0.39, 0.29) is 43.8 Å². The van der Waals surface area contributed by atoms with Gasteiger partial charge >= 0.3 is 81.5 Å². The molecule has 158 valence electrons. The van der Waals surface area contributed by atoms with E-state index in [1.165, 1.54) is 49.9 Å². The fourth-order valence-electron chi connectivity index (χ4n) is 2.04. The largest absolute Gasteiger partial charge is 0.507 e. The average molecular weight is 509 g/mol. The second-order valence-corrected chi connectivity index (χ2v) is 10.4. The third kappa shape index (κ3) is 12.8. The van der Waals surface area contributed by atoms with Crippen LogP contribution in [0.5, 0.6) is 11.5 Å². The maximum Gasteiger partial charge on any atom is 0.339 e. The average Bonchev–Trinajstić information content (AvgIpc) is 2.69. The summed E-state index contributed by atoms with van der Waals surface area (Å²) in [5, 5.41) is 34.6. The summed E-state index contributed by atoms with van der Waals surface area (Å²) in [5.74, 6) is -2.62. The van der Waals surface area contributed by atoms with Crippen LogP contribution in [0.15, 0.2) is 48.5 Å². The minimum Gasteiger partial charge on any atom is -0.507 e. The molecule has 2 aromatic carbocycles. The minimum atomic E-state index is -1.11. The predicted molar refractivity (Wildman–Crippen MR) is 115 cm³/mol. The molecule has 0 atom stereocenters. The molecule has 0 aliphatic heterocycles. The maximum atomic E-state index is 10.3. The molecule has 0 aliphatic carbocycles. The van der Waals surface area contributed by atoms with E-state index in [9.17, 15) is 9.59 Å². The quantitative estimate of drug-likeness (QED) is 0.284. The summed E-state index contributed by atoms with van der Waals surface area (Å²) >= 11 is 0.149. The molecule has 0 bridgehead atoms. The van der Waals surface area contributed by atoms with Crippen molar-refractivity contribution >= 4 is 33.1 Å². The summed E-state index contributed by atoms with van der Waals surface area (Å²) in [6.45, 7) is 4.58. The van der Waals surface area contributed by atoms with Gasteiger partial charge in [-0.25, -0.2) is 9.59 Å². The number of para-hydroxylation sites is 2. The molecule has 0 saturated heterocycles. The molecule has 2 rings (SSSR count). The van der Waals surface area contributed by atoms with Crippen molar-refractivity contribution in [2.24, 2.45) is 0 Å². The summed E-state index contributed by atoms with van der Waals surface area (Å²) in [7, 11) is 0. The number of rotatable bonds is 8. The first-order valence-corrected chi connectivity index (χ1v) is 13.6. The molecular formula is C22H30O6Sn. The molecule has 0 aromatic heterocycles. The molecule has 0 amide bonds. The van der Waals surface area contributed by atoms with E-state index in [2.05, 4.69) is 13.8 Å². The molecule has 0 fully saturated rings. The van der Waals surface area contributed by atoms with Crippen LogP contribution in [0, 0.1) is 0 Å². The Labute approximate surface area is 182 Å². The third-order valence-corrected chi connectivity index (χ3v) is 7.72. The number of aromatic hydroxyl groups is 2. The van der Waals surface area contributed by atoms with Gasteiger partial charge in [-0.1, -0.05) is 24.3 Å². The van der Waals surface area contributed by atoms with Crippen LogP contribution in [0.2, 0.25) is 8.87 Å². The zero-order chi connectivity index (χ0) is 22.1. The van der Waals surface area contributed by atoms with E-state index < -0.39 is 11.9 Å². The van der Waals surface area contributed by atoms with Crippen molar-refractivity contribution in [2.75, 3.05) is 0 Å². The van der Waals surface area contributed by atoms with E-state index in [4.69, 9.17) is 20.4 Å². The fraction of sp³-hybridized carbons (Fsp3) is 0.364. The summed E-state index contributed by atoms with van der Waals surface area (Å²) in [4.78, 5) is 20.5. The number of benzene rings is 2. The number of carboxylic acids is 2. The number of phenols is 2. The second-order valence-electron chi connectivity index (χ2n) is 6.10. The number of unbranched alkanes of at least 4 members (excludes halogenated alkanes) is 2. The van der Waals surface area contributed by atoms with Gasteiger partial charge in [-0.2, -0.15) is 0 Å². The molecular weight excluding hydrogens is 479 g/mol. The first kappa shape index (κ1) is 26.8. The molecule has 0 saturated carbocycles. The van der Waals surface area contributed by atoms with Gasteiger partial charge in [-0.15, -0.1) is 0 Å². The molecule has 2 aromatic rings. The van der Waals surface area contributed by atoms with Crippen molar-refractivity contribution < 1.29 is 30.0 Å². The smallest absolute Gasteiger partial charge is 0.339 e. The topological polar surface area (TPSA) is 115 Å². The Morgan fingerprint density at radius 1 is 0.724 bits per heavy atom. The normalized spacial score (nSPS) is 9.45. The number of aromatic carboxylic acids is 2. The Kier molecular flexibility index (Phi) is 15.4. The molecule has 0 heterocycles. The molecule has 0 unspecified atom stereocenters. The van der Waals surface area contributed by atoms with Gasteiger partial charge in [0.2, 0.25) is 0 Å². The first-order valence-electron chi connectivity index (χ1n) is 9.58. The van der Waals surface area contributed by atoms with Crippen LogP contribution in [0.4, 0.5) is 0 Å². The van der Waals surface area contributed by atoms with E-state index in [1.807, 2.05) is 0 Å². The van der Waals surface area contributed by atoms with Crippen LogP contribution in [-0.2, 0) is 0 Å². The van der Waals surface area contributed by atoms with Gasteiger partial charge in [-0.3, -0.25) is 0 Å². The summed E-state index contributed by atoms with van der Waals surface area (Å²) in [6.07, 6.45) is 5.84. The molecule has 0 spiro atoms. The molecule has 6 nitrogen and oxygen atoms in total. The van der Waals surface area contributed by atoms with E-state index >= 15 is 0 Å². The Balaban J connectivity index is 0.000000407. The van der Waals surface area contributed by atoms with Crippen LogP contribution < -0.4 is 0 Å². The molecule has 4 N–H and O–H groups in total. The summed E-state index contributed by atoms with van der Waals surface area (Å²) in [5.41, 5.74) is -0.134. The number of hydrogen-bond acceptors (Lipinski definition) is 4. The Morgan fingerprint density at radius 3 is 1.31 bits per heavy atom. The van der Waals surface area contributed by atoms with Gasteiger partial charge in [0.25, 0.3) is 0 Å². The monoisotopic (exact) mass is 510 g/mol. The third-order valence-electron chi connectivity index (χ3n) is 3.68. The van der Waals surface area contributed by atoms with Crippen LogP contribution in [0.25, 0.3) is 0 Å². The Morgan fingerprint density at radius 2 is 1.07 bits per heavy atom. The van der Waals surface area contributed by atoms with Gasteiger partial charge in [0.15, 0.2) is 0 Å². The van der Waals surface area contributed by atoms with Crippen molar-refractivity contribution in [1.29, 1.82) is 0 Å². The van der Waals surface area contributed by atoms with E-state index in [1.54, 1.807) is 33.1 Å². The van der Waals surface area contributed by atoms with E-state index in [0.717, 1.165) is 0 Å². The van der Waals surface area contributed by atoms with Gasteiger partial charge in [-0.05, 0) is 24.3 Å². The molecule has 0 aliphatic rings. The second kappa shape index (κ2) is 16.7. The van der Waals surface area contributed by atoms with Crippen molar-refractivity contribution in [3.8, 4) is 11.5 Å². The number of hydrogen-bond donors (Lipinski definition) is 4. The zero-order valence-electron chi connectivity index (χ0n) is 17.0. The van der Waals surface area contributed by atoms with Crippen LogP contribution >= 0.6 is 0 Å². The number of carbonyl (C=O) groups is 2. The fourth-order valence-corrected chi connectivity index (χ4v) is 6.20. The molecule has 29 heavy (non-hydrogen) atoms. The Hall–Kier alpha value is -2.22. The first-order chi connectivity index (χ1) is 13.8. The zero-order valence-corrected chi connectivity index (χ0v) is 19.8. The summed E-state index contributed by atoms with van der Waals surface area (Å²) in [6, 6.07) is 11.6. The van der Waals surface area contributed by atoms with Crippen molar-refractivity contribution in [3.63, 3.8) is 0 Å². The van der Waals surface area contributed by atoms with Gasteiger partial charge in [0.1, 0.15) is 22.6 Å². The van der Waals surface area contributed by atoms with Crippen molar-refractivity contribution in [3.05, 3.63) is 59.7 Å². The predicted octanol–water partition coefficient (Wildman–Crippen LogP) is 5.31. The molecule has 7 heteroatoms. The van der Waals surface area contributed by atoms with Gasteiger partial charge in [0, 0.05) is 0 Å². The van der Waals surface area contributed by atoms with Crippen molar-refractivity contribution in [1.82, 2.24) is 0 Å². The molecule has 2 radical (unpaired) electrons. The Bertz CT molecular complexity index is 671. The van der Waals surface area contributed by atoms with Crippen LogP contribution in [-0.4, -0.2) is 53.5 Å². The SMILES string of the molecule is CCC[CH2][Sn][CH2]CCC.O=C(O)c1ccccc1O.O=C(O)c1ccccc1O. The van der Waals surface area contributed by atoms with Crippen molar-refractivity contribution in [2.45, 2.75) is 48.4 Å². The van der Waals surface area contributed by atoms with Crippen LogP contribution in [0.3, 0.4) is 0 Å². The minimum absolute atomic E-state index is 0.0671. The maximum absolute atomic E-state index is 10.3. The standard InChI is InChI=1S/2C7H6O3.2C4H9.Sn/c2*8-6-4-2-1-3-5(6)7(9)10;2*1-3-4-2;/h2*1-4,8H,(H,9,10);2*1,3-4H2,2H3;. The van der Waals surface area contributed by atoms with Gasteiger partial charge in [0.05, 0.1) is 0 Å². The van der Waals surface area contributed by atoms with Crippen LogP contribution in [0.1, 0.15) is 60.2 Å².